The van der Waals surface area contributed by atoms with Gasteiger partial charge in [0.2, 0.25) is 0 Å². The Hall–Kier alpha value is -0.240. The summed E-state index contributed by atoms with van der Waals surface area (Å²) in [6.07, 6.45) is 0. The van der Waals surface area contributed by atoms with Crippen molar-refractivity contribution < 1.29 is 38.5 Å². The maximum absolute atomic E-state index is 9.80. The van der Waals surface area contributed by atoms with Crippen LogP contribution in [-0.2, 0) is 41.7 Å². The van der Waals surface area contributed by atoms with Crippen LogP contribution in [0.2, 0.25) is 0 Å². The lowest BCUT2D eigenvalue weighted by Gasteiger charge is -2.03. The SMILES string of the molecule is O=S([O-])OCCOS(=O)(=O)O.O=S=O. The highest BCUT2D eigenvalue weighted by molar-refractivity contribution is 7.80. The van der Waals surface area contributed by atoms with E-state index in [1.807, 2.05) is 0 Å². The van der Waals surface area contributed by atoms with Crippen molar-refractivity contribution in [3.8, 4) is 0 Å². The standard InChI is InChI=1S/C2H6O7S2.O2S/c3-10(4)8-1-2-9-11(5,6)7;1-3-2/h1-2H2,(H,3,4)(H,5,6,7);/p-1. The van der Waals surface area contributed by atoms with Crippen molar-refractivity contribution in [2.75, 3.05) is 13.2 Å². The van der Waals surface area contributed by atoms with Gasteiger partial charge < -0.3 is 4.55 Å². The van der Waals surface area contributed by atoms with E-state index in [4.69, 9.17) is 13.0 Å². The van der Waals surface area contributed by atoms with Gasteiger partial charge in [-0.1, -0.05) is 0 Å². The largest absolute Gasteiger partial charge is 0.750 e. The minimum Gasteiger partial charge on any atom is -0.750 e. The molecule has 0 aromatic carbocycles. The van der Waals surface area contributed by atoms with E-state index in [1.165, 1.54) is 0 Å². The highest BCUT2D eigenvalue weighted by Gasteiger charge is 2.02. The monoisotopic (exact) mass is 269 g/mol. The molecule has 1 atom stereocenters. The summed E-state index contributed by atoms with van der Waals surface area (Å²) in [6.45, 7) is -1.01. The highest BCUT2D eigenvalue weighted by Crippen LogP contribution is 1.86. The molecule has 0 aliphatic heterocycles. The second-order valence-corrected chi connectivity index (χ2v) is 3.22. The predicted molar refractivity (Wildman–Crippen MR) is 41.3 cm³/mol. The first-order valence-electron chi connectivity index (χ1n) is 2.59. The van der Waals surface area contributed by atoms with Crippen LogP contribution in [-0.4, -0.2) is 43.4 Å². The van der Waals surface area contributed by atoms with Crippen molar-refractivity contribution in [1.82, 2.24) is 0 Å². The zero-order valence-electron chi connectivity index (χ0n) is 6.35. The lowest BCUT2D eigenvalue weighted by atomic mass is 10.8. The van der Waals surface area contributed by atoms with Crippen molar-refractivity contribution in [2.45, 2.75) is 0 Å². The molecular weight excluding hydrogens is 264 g/mol. The summed E-state index contributed by atoms with van der Waals surface area (Å²) < 4.78 is 70.9. The highest BCUT2D eigenvalue weighted by atomic mass is 32.3. The zero-order chi connectivity index (χ0) is 11.6. The van der Waals surface area contributed by atoms with Crippen molar-refractivity contribution in [3.05, 3.63) is 0 Å². The van der Waals surface area contributed by atoms with Gasteiger partial charge in [0.25, 0.3) is 0 Å². The molecule has 0 bridgehead atoms. The summed E-state index contributed by atoms with van der Waals surface area (Å²) in [5.41, 5.74) is 0. The Labute approximate surface area is 85.5 Å². The Kier molecular flexibility index (Phi) is 10.8. The molecule has 14 heavy (non-hydrogen) atoms. The molecule has 12 heteroatoms. The number of hydrogen-bond acceptors (Lipinski definition) is 8. The Morgan fingerprint density at radius 1 is 1.36 bits per heavy atom. The van der Waals surface area contributed by atoms with E-state index >= 15 is 0 Å². The molecule has 86 valence electrons. The fraction of sp³-hybridized carbons (Fsp3) is 1.00. The average molecular weight is 269 g/mol. The summed E-state index contributed by atoms with van der Waals surface area (Å²) in [7, 11) is -4.50. The molecular formula is C2H5O9S3-. The fourth-order valence-corrected chi connectivity index (χ4v) is 0.724. The van der Waals surface area contributed by atoms with E-state index in [0.717, 1.165) is 0 Å². The van der Waals surface area contributed by atoms with Crippen LogP contribution >= 0.6 is 0 Å². The van der Waals surface area contributed by atoms with Crippen molar-refractivity contribution in [1.29, 1.82) is 0 Å². The van der Waals surface area contributed by atoms with Gasteiger partial charge in [0.1, 0.15) is 0 Å². The molecule has 0 saturated carbocycles. The summed E-state index contributed by atoms with van der Waals surface area (Å²) >= 11 is -3.45. The summed E-state index contributed by atoms with van der Waals surface area (Å²) in [5, 5.41) is 0. The van der Waals surface area contributed by atoms with Crippen LogP contribution in [0.1, 0.15) is 0 Å². The number of rotatable bonds is 5. The van der Waals surface area contributed by atoms with Crippen LogP contribution in [0.25, 0.3) is 0 Å². The lowest BCUT2D eigenvalue weighted by Crippen LogP contribution is -2.10. The molecule has 9 nitrogen and oxygen atoms in total. The second-order valence-electron chi connectivity index (χ2n) is 1.34. The zero-order valence-corrected chi connectivity index (χ0v) is 8.80. The van der Waals surface area contributed by atoms with E-state index in [2.05, 4.69) is 8.37 Å². The molecule has 0 heterocycles. The fourth-order valence-electron chi connectivity index (χ4n) is 0.241. The first kappa shape index (κ1) is 16.2. The second kappa shape index (κ2) is 9.32. The van der Waals surface area contributed by atoms with Gasteiger partial charge in [-0.05, 0) is 0 Å². The Morgan fingerprint density at radius 3 is 2.07 bits per heavy atom. The van der Waals surface area contributed by atoms with E-state index in [0.29, 0.717) is 0 Å². The smallest absolute Gasteiger partial charge is 0.397 e. The van der Waals surface area contributed by atoms with E-state index in [-0.39, 0.29) is 0 Å². The summed E-state index contributed by atoms with van der Waals surface area (Å²) in [6, 6.07) is 0. The van der Waals surface area contributed by atoms with Gasteiger partial charge in [-0.25, -0.2) is 8.39 Å². The third-order valence-electron chi connectivity index (χ3n) is 0.495. The van der Waals surface area contributed by atoms with Gasteiger partial charge in [-0.3, -0.25) is 8.74 Å². The predicted octanol–water partition coefficient (Wildman–Crippen LogP) is -2.05. The van der Waals surface area contributed by atoms with E-state index < -0.39 is 46.5 Å². The van der Waals surface area contributed by atoms with Crippen LogP contribution in [0.4, 0.5) is 0 Å². The van der Waals surface area contributed by atoms with Gasteiger partial charge in [-0.15, -0.1) is 0 Å². The third-order valence-corrected chi connectivity index (χ3v) is 1.32. The maximum Gasteiger partial charge on any atom is 0.397 e. The maximum atomic E-state index is 9.80. The molecule has 1 N–H and O–H groups in total. The van der Waals surface area contributed by atoms with E-state index in [9.17, 15) is 17.2 Å². The quantitative estimate of drug-likeness (QED) is 0.338. The Morgan fingerprint density at radius 2 is 1.79 bits per heavy atom. The minimum absolute atomic E-state index is 0.462. The first-order chi connectivity index (χ1) is 6.33. The summed E-state index contributed by atoms with van der Waals surface area (Å²) in [4.78, 5) is 0. The Bertz CT molecular complexity index is 285. The molecule has 0 aromatic heterocycles. The molecule has 0 saturated heterocycles. The van der Waals surface area contributed by atoms with Gasteiger partial charge >= 0.3 is 22.0 Å². The molecule has 0 radical (unpaired) electrons. The summed E-state index contributed by atoms with van der Waals surface area (Å²) in [5.74, 6) is 0. The normalized spacial score (nSPS) is 12.4. The molecule has 0 aromatic rings. The first-order valence-corrected chi connectivity index (χ1v) is 5.63. The molecule has 0 fully saturated rings. The van der Waals surface area contributed by atoms with Crippen LogP contribution in [0.15, 0.2) is 0 Å². The van der Waals surface area contributed by atoms with Gasteiger partial charge in [0, 0.05) is 0 Å². The van der Waals surface area contributed by atoms with E-state index in [1.54, 1.807) is 0 Å². The number of hydrogen-bond donors (Lipinski definition) is 1. The van der Waals surface area contributed by atoms with Gasteiger partial charge in [-0.2, -0.15) is 16.8 Å². The van der Waals surface area contributed by atoms with Gasteiger partial charge in [0.15, 0.2) is 0 Å². The lowest BCUT2D eigenvalue weighted by molar-refractivity contribution is 0.200. The van der Waals surface area contributed by atoms with Crippen LogP contribution in [0, 0.1) is 0 Å². The topological polar surface area (TPSA) is 147 Å². The van der Waals surface area contributed by atoms with Crippen molar-refractivity contribution in [2.24, 2.45) is 0 Å². The molecule has 0 spiro atoms. The molecule has 0 aliphatic carbocycles. The van der Waals surface area contributed by atoms with Gasteiger partial charge in [0.05, 0.1) is 24.6 Å². The van der Waals surface area contributed by atoms with Crippen molar-refractivity contribution >= 4 is 33.3 Å². The van der Waals surface area contributed by atoms with Crippen LogP contribution in [0.3, 0.4) is 0 Å². The third kappa shape index (κ3) is 22.6. The molecule has 0 aliphatic rings. The molecule has 1 unspecified atom stereocenters. The van der Waals surface area contributed by atoms with Crippen molar-refractivity contribution in [3.63, 3.8) is 0 Å². The molecule has 0 amide bonds. The average Bonchev–Trinajstić information content (AvgIpc) is 1.98. The Balaban J connectivity index is 0. The molecule has 0 rings (SSSR count). The van der Waals surface area contributed by atoms with Crippen LogP contribution < -0.4 is 0 Å². The minimum atomic E-state index is -4.50. The van der Waals surface area contributed by atoms with Crippen LogP contribution in [0.5, 0.6) is 0 Å².